The Balaban J connectivity index is 0.948. The van der Waals surface area contributed by atoms with E-state index in [1.165, 1.54) is 55.2 Å². The van der Waals surface area contributed by atoms with Crippen molar-refractivity contribution in [3.63, 3.8) is 0 Å². The SMILES string of the molecule is c1ccc(-c2ccc(N(c3ccc(-c4ccccc4)cc3)c3ccc(N(c4ccccc4)c4ccc(-c5ccc6c7ccccc7n(-c7ccccc7)c6c5)cc4)cc3)cc2)cc1. The van der Waals surface area contributed by atoms with Gasteiger partial charge < -0.3 is 14.4 Å². The lowest BCUT2D eigenvalue weighted by molar-refractivity contribution is 1.18. The minimum absolute atomic E-state index is 1.07. The van der Waals surface area contributed by atoms with Gasteiger partial charge in [0.05, 0.1) is 11.0 Å². The summed E-state index contributed by atoms with van der Waals surface area (Å²) < 4.78 is 2.38. The van der Waals surface area contributed by atoms with Crippen molar-refractivity contribution < 1.29 is 0 Å². The zero-order valence-electron chi connectivity index (χ0n) is 34.7. The first-order valence-corrected chi connectivity index (χ1v) is 21.5. The Morgan fingerprint density at radius 3 is 1.02 bits per heavy atom. The Morgan fingerprint density at radius 1 is 0.222 bits per heavy atom. The lowest BCUT2D eigenvalue weighted by Crippen LogP contribution is -2.12. The molecule has 1 aromatic heterocycles. The van der Waals surface area contributed by atoms with Crippen LogP contribution in [0.5, 0.6) is 0 Å². The van der Waals surface area contributed by atoms with E-state index in [9.17, 15) is 0 Å². The summed E-state index contributed by atoms with van der Waals surface area (Å²) in [6, 6.07) is 93.6. The summed E-state index contributed by atoms with van der Waals surface area (Å²) in [7, 11) is 0. The van der Waals surface area contributed by atoms with Crippen molar-refractivity contribution in [1.82, 2.24) is 4.57 Å². The Morgan fingerprint density at radius 2 is 0.540 bits per heavy atom. The summed E-state index contributed by atoms with van der Waals surface area (Å²) in [6.07, 6.45) is 0. The number of benzene rings is 10. The monoisotopic (exact) mass is 805 g/mol. The molecule has 0 spiro atoms. The number of hydrogen-bond acceptors (Lipinski definition) is 2. The quantitative estimate of drug-likeness (QED) is 0.136. The van der Waals surface area contributed by atoms with Crippen molar-refractivity contribution in [2.75, 3.05) is 9.80 Å². The summed E-state index contributed by atoms with van der Waals surface area (Å²) in [5.41, 5.74) is 17.2. The molecule has 0 saturated heterocycles. The minimum atomic E-state index is 1.07. The molecule has 0 aliphatic heterocycles. The largest absolute Gasteiger partial charge is 0.311 e. The van der Waals surface area contributed by atoms with Gasteiger partial charge in [-0.15, -0.1) is 0 Å². The molecule has 10 aromatic carbocycles. The van der Waals surface area contributed by atoms with Crippen LogP contribution in [-0.4, -0.2) is 4.57 Å². The molecule has 298 valence electrons. The third kappa shape index (κ3) is 7.32. The van der Waals surface area contributed by atoms with Gasteiger partial charge >= 0.3 is 0 Å². The van der Waals surface area contributed by atoms with E-state index < -0.39 is 0 Å². The summed E-state index contributed by atoms with van der Waals surface area (Å²) >= 11 is 0. The van der Waals surface area contributed by atoms with E-state index in [-0.39, 0.29) is 0 Å². The molecule has 0 unspecified atom stereocenters. The maximum atomic E-state index is 2.38. The van der Waals surface area contributed by atoms with E-state index >= 15 is 0 Å². The maximum Gasteiger partial charge on any atom is 0.0547 e. The number of rotatable bonds is 10. The van der Waals surface area contributed by atoms with E-state index in [4.69, 9.17) is 0 Å². The second-order valence-corrected chi connectivity index (χ2v) is 15.8. The Kier molecular flexibility index (Phi) is 9.89. The molecule has 0 radical (unpaired) electrons. The molecule has 3 heteroatoms. The van der Waals surface area contributed by atoms with Gasteiger partial charge in [-0.25, -0.2) is 0 Å². The highest BCUT2D eigenvalue weighted by Crippen LogP contribution is 2.41. The molecule has 11 rings (SSSR count). The average Bonchev–Trinajstić information content (AvgIpc) is 3.70. The van der Waals surface area contributed by atoms with E-state index in [1.54, 1.807) is 0 Å². The first kappa shape index (κ1) is 37.6. The van der Waals surface area contributed by atoms with Crippen molar-refractivity contribution >= 4 is 55.9 Å². The van der Waals surface area contributed by atoms with Crippen LogP contribution in [0.4, 0.5) is 34.1 Å². The topological polar surface area (TPSA) is 11.4 Å². The number of hydrogen-bond donors (Lipinski definition) is 0. The van der Waals surface area contributed by atoms with Gasteiger partial charge in [0.1, 0.15) is 0 Å². The fourth-order valence-electron chi connectivity index (χ4n) is 8.90. The zero-order valence-corrected chi connectivity index (χ0v) is 34.7. The van der Waals surface area contributed by atoms with Crippen molar-refractivity contribution in [2.45, 2.75) is 0 Å². The van der Waals surface area contributed by atoms with Gasteiger partial charge in [0.15, 0.2) is 0 Å². The molecule has 0 amide bonds. The van der Waals surface area contributed by atoms with E-state index in [2.05, 4.69) is 275 Å². The standard InChI is InChI=1S/C60H43N3/c1-5-15-44(16-6-1)46-25-32-53(33-26-46)62(54-34-27-47(28-35-54)45-17-7-2-8-18-45)56-40-38-55(39-41-56)61(50-19-9-3-10-20-50)52-36-29-48(30-37-52)49-31-42-58-57-23-13-14-24-59(57)63(60(58)43-49)51-21-11-4-12-22-51/h1-43H. The highest BCUT2D eigenvalue weighted by Gasteiger charge is 2.18. The van der Waals surface area contributed by atoms with E-state index in [0.29, 0.717) is 0 Å². The molecule has 0 aliphatic rings. The van der Waals surface area contributed by atoms with Crippen molar-refractivity contribution in [1.29, 1.82) is 0 Å². The predicted molar refractivity (Wildman–Crippen MR) is 266 cm³/mol. The molecule has 0 fully saturated rings. The fraction of sp³-hybridized carbons (Fsp3) is 0. The molecule has 1 heterocycles. The van der Waals surface area contributed by atoms with Crippen LogP contribution < -0.4 is 9.80 Å². The smallest absolute Gasteiger partial charge is 0.0547 e. The summed E-state index contributed by atoms with van der Waals surface area (Å²) in [6.45, 7) is 0. The molecule has 63 heavy (non-hydrogen) atoms. The number of fused-ring (bicyclic) bond motifs is 3. The molecule has 0 aliphatic carbocycles. The lowest BCUT2D eigenvalue weighted by atomic mass is 10.0. The van der Waals surface area contributed by atoms with Crippen LogP contribution in [0.2, 0.25) is 0 Å². The van der Waals surface area contributed by atoms with Gasteiger partial charge in [0.2, 0.25) is 0 Å². The molecule has 0 atom stereocenters. The summed E-state index contributed by atoms with van der Waals surface area (Å²) in [5, 5.41) is 2.51. The van der Waals surface area contributed by atoms with Gasteiger partial charge in [0.25, 0.3) is 0 Å². The number of para-hydroxylation sites is 3. The van der Waals surface area contributed by atoms with Crippen molar-refractivity contribution in [3.8, 4) is 39.1 Å². The molecule has 0 saturated carbocycles. The van der Waals surface area contributed by atoms with Gasteiger partial charge in [-0.2, -0.15) is 0 Å². The Labute approximate surface area is 368 Å². The third-order valence-electron chi connectivity index (χ3n) is 12.0. The highest BCUT2D eigenvalue weighted by atomic mass is 15.2. The molecule has 0 bridgehead atoms. The molecule has 11 aromatic rings. The lowest BCUT2D eigenvalue weighted by Gasteiger charge is -2.28. The zero-order chi connectivity index (χ0) is 42.0. The molecule has 0 N–H and O–H groups in total. The van der Waals surface area contributed by atoms with Crippen LogP contribution in [0, 0.1) is 0 Å². The van der Waals surface area contributed by atoms with Crippen LogP contribution >= 0.6 is 0 Å². The van der Waals surface area contributed by atoms with E-state index in [0.717, 1.165) is 39.8 Å². The predicted octanol–water partition coefficient (Wildman–Crippen LogP) is 16.7. The summed E-state index contributed by atoms with van der Waals surface area (Å²) in [4.78, 5) is 4.67. The second kappa shape index (κ2) is 16.6. The van der Waals surface area contributed by atoms with Gasteiger partial charge in [-0.3, -0.25) is 0 Å². The van der Waals surface area contributed by atoms with Crippen LogP contribution in [0.3, 0.4) is 0 Å². The minimum Gasteiger partial charge on any atom is -0.311 e. The number of anilines is 6. The Hall–Kier alpha value is -8.40. The van der Waals surface area contributed by atoms with Gasteiger partial charge in [0, 0.05) is 50.6 Å². The van der Waals surface area contributed by atoms with Gasteiger partial charge in [-0.05, 0) is 130 Å². The van der Waals surface area contributed by atoms with Crippen LogP contribution in [-0.2, 0) is 0 Å². The fourth-order valence-corrected chi connectivity index (χ4v) is 8.90. The normalized spacial score (nSPS) is 11.2. The number of nitrogens with zero attached hydrogens (tertiary/aromatic N) is 3. The van der Waals surface area contributed by atoms with Gasteiger partial charge in [-0.1, -0.05) is 164 Å². The summed E-state index contributed by atoms with van der Waals surface area (Å²) in [5.74, 6) is 0. The van der Waals surface area contributed by atoms with Crippen molar-refractivity contribution in [2.24, 2.45) is 0 Å². The Bertz CT molecular complexity index is 3190. The number of aromatic nitrogens is 1. The van der Waals surface area contributed by atoms with Crippen LogP contribution in [0.15, 0.2) is 261 Å². The molecular weight excluding hydrogens is 763 g/mol. The van der Waals surface area contributed by atoms with Crippen LogP contribution in [0.25, 0.3) is 60.9 Å². The van der Waals surface area contributed by atoms with Crippen LogP contribution in [0.1, 0.15) is 0 Å². The maximum absolute atomic E-state index is 2.38. The first-order chi connectivity index (χ1) is 31.2. The average molecular weight is 806 g/mol. The third-order valence-corrected chi connectivity index (χ3v) is 12.0. The second-order valence-electron chi connectivity index (χ2n) is 15.8. The van der Waals surface area contributed by atoms with E-state index in [1.807, 2.05) is 0 Å². The first-order valence-electron chi connectivity index (χ1n) is 21.5. The molecular formula is C60H43N3. The highest BCUT2D eigenvalue weighted by molar-refractivity contribution is 6.10. The molecule has 3 nitrogen and oxygen atoms in total. The van der Waals surface area contributed by atoms with Crippen molar-refractivity contribution in [3.05, 3.63) is 261 Å².